The largest absolute Gasteiger partial charge is 0.453 e. The van der Waals surface area contributed by atoms with Gasteiger partial charge in [-0.25, -0.2) is 4.79 Å². The number of hydrogen-bond acceptors (Lipinski definition) is 4. The van der Waals surface area contributed by atoms with E-state index in [9.17, 15) is 83.8 Å². The van der Waals surface area contributed by atoms with Crippen molar-refractivity contribution in [3.05, 3.63) is 12.7 Å². The molecule has 4 nitrogen and oxygen atoms in total. The van der Waals surface area contributed by atoms with Gasteiger partial charge in [0.05, 0.1) is 0 Å². The van der Waals surface area contributed by atoms with E-state index in [1.165, 1.54) is 0 Å². The van der Waals surface area contributed by atoms with E-state index >= 15 is 0 Å². The maximum atomic E-state index is 14.6. The molecule has 0 aromatic carbocycles. The van der Waals surface area contributed by atoms with Crippen LogP contribution in [0.3, 0.4) is 0 Å². The first-order valence-electron chi connectivity index (χ1n) is 10.5. The van der Waals surface area contributed by atoms with E-state index in [4.69, 9.17) is 0 Å². The van der Waals surface area contributed by atoms with Crippen LogP contribution in [0.4, 0.5) is 79.0 Å². The van der Waals surface area contributed by atoms with Crippen molar-refractivity contribution in [3.8, 4) is 0 Å². The van der Waals surface area contributed by atoms with Crippen molar-refractivity contribution in [2.45, 2.75) is 99.5 Å². The van der Waals surface area contributed by atoms with Crippen molar-refractivity contribution in [2.24, 2.45) is 0 Å². The molecular weight excluding hydrogens is 646 g/mol. The predicted molar refractivity (Wildman–Crippen MR) is 102 cm³/mol. The van der Waals surface area contributed by atoms with Crippen LogP contribution in [0.15, 0.2) is 12.7 Å². The van der Waals surface area contributed by atoms with Crippen molar-refractivity contribution >= 4 is 5.97 Å². The van der Waals surface area contributed by atoms with Gasteiger partial charge in [0.15, 0.2) is 6.61 Å². The van der Waals surface area contributed by atoms with Gasteiger partial charge in [-0.15, -0.1) is 0 Å². The van der Waals surface area contributed by atoms with Crippen molar-refractivity contribution < 1.29 is 98.0 Å². The van der Waals surface area contributed by atoms with Crippen molar-refractivity contribution in [1.29, 1.82) is 0 Å². The number of ether oxygens (including phenoxy) is 3. The minimum absolute atomic E-state index is 0.268. The van der Waals surface area contributed by atoms with E-state index in [-0.39, 0.29) is 19.9 Å². The highest BCUT2D eigenvalue weighted by Crippen LogP contribution is 2.62. The minimum Gasteiger partial charge on any atom is -0.453 e. The third-order valence-corrected chi connectivity index (χ3v) is 5.34. The molecule has 0 heterocycles. The van der Waals surface area contributed by atoms with E-state index in [1.54, 1.807) is 0 Å². The van der Waals surface area contributed by atoms with Gasteiger partial charge in [0.1, 0.15) is 11.2 Å². The van der Waals surface area contributed by atoms with E-state index in [1.807, 2.05) is 0 Å². The van der Waals surface area contributed by atoms with E-state index < -0.39 is 98.2 Å². The summed E-state index contributed by atoms with van der Waals surface area (Å²) in [5, 5.41) is 0. The lowest BCUT2D eigenvalue weighted by atomic mass is 9.85. The van der Waals surface area contributed by atoms with Gasteiger partial charge in [0.2, 0.25) is 0 Å². The van der Waals surface area contributed by atoms with Crippen molar-refractivity contribution in [3.63, 3.8) is 0 Å². The summed E-state index contributed by atoms with van der Waals surface area (Å²) in [6.07, 6.45) is -11.6. The normalized spacial score (nSPS) is 16.0. The second-order valence-corrected chi connectivity index (χ2v) is 9.53. The SMILES string of the molecule is C=CC(=O)OCC(F)(F)OC(C)(C)C(F)(F)C(F)(F)OC(C)(C)C(F)(F)C(F)(F)C(F)(F)C(F)(F)C(F)(F)C(C)(F)F. The molecule has 0 saturated carbocycles. The number of esters is 1. The third kappa shape index (κ3) is 6.37. The van der Waals surface area contributed by atoms with Gasteiger partial charge in [-0.1, -0.05) is 6.58 Å². The molecule has 0 spiro atoms. The summed E-state index contributed by atoms with van der Waals surface area (Å²) in [7, 11) is 0. The van der Waals surface area contributed by atoms with Crippen LogP contribution >= 0.6 is 0 Å². The zero-order valence-electron chi connectivity index (χ0n) is 21.4. The first-order chi connectivity index (χ1) is 17.9. The molecule has 0 aromatic heterocycles. The standard InChI is InChI=1S/C20H20F18O4/c1-7-9(39)40-8-13(23,24)41-11(4,5)15(27,28)20(37,38)42-10(2,3)14(25,26)17(31,32)19(35,36)18(33,34)16(29,30)12(6,21)22/h7H,1,8H2,2-6H3. The van der Waals surface area contributed by atoms with E-state index in [0.29, 0.717) is 0 Å². The molecule has 0 fully saturated rings. The Labute approximate surface area is 223 Å². The average molecular weight is 666 g/mol. The van der Waals surface area contributed by atoms with Crippen LogP contribution in [0.2, 0.25) is 0 Å². The van der Waals surface area contributed by atoms with Gasteiger partial charge in [-0.05, 0) is 27.7 Å². The molecule has 0 rings (SSSR count). The number of carbonyl (C=O) groups is 1. The lowest BCUT2D eigenvalue weighted by Gasteiger charge is -2.47. The van der Waals surface area contributed by atoms with Gasteiger partial charge in [0.25, 0.3) is 0 Å². The Bertz CT molecular complexity index is 997. The number of carbonyl (C=O) groups excluding carboxylic acids is 1. The minimum atomic E-state index is -8.24. The first-order valence-corrected chi connectivity index (χ1v) is 10.5. The molecule has 0 unspecified atom stereocenters. The quantitative estimate of drug-likeness (QED) is 0.101. The summed E-state index contributed by atoms with van der Waals surface area (Å²) in [5.41, 5.74) is -9.58. The molecule has 0 amide bonds. The van der Waals surface area contributed by atoms with Gasteiger partial charge < -0.3 is 14.2 Å². The van der Waals surface area contributed by atoms with Crippen LogP contribution in [-0.2, 0) is 19.0 Å². The van der Waals surface area contributed by atoms with Crippen LogP contribution in [0.1, 0.15) is 34.6 Å². The number of halogens is 18. The van der Waals surface area contributed by atoms with Crippen molar-refractivity contribution in [1.82, 2.24) is 0 Å². The second kappa shape index (κ2) is 10.8. The molecule has 0 N–H and O–H groups in total. The number of hydrogen-bond donors (Lipinski definition) is 0. The predicted octanol–water partition coefficient (Wildman–Crippen LogP) is 7.96. The van der Waals surface area contributed by atoms with Crippen molar-refractivity contribution in [2.75, 3.05) is 6.61 Å². The Morgan fingerprint density at radius 2 is 0.881 bits per heavy atom. The summed E-state index contributed by atoms with van der Waals surface area (Å²) in [6, 6.07) is 0. The maximum absolute atomic E-state index is 14.6. The highest BCUT2D eigenvalue weighted by molar-refractivity contribution is 5.81. The average Bonchev–Trinajstić information content (AvgIpc) is 2.74. The van der Waals surface area contributed by atoms with E-state index in [2.05, 4.69) is 20.8 Å². The molecule has 0 saturated heterocycles. The summed E-state index contributed by atoms with van der Waals surface area (Å²) < 4.78 is 260. The zero-order valence-corrected chi connectivity index (χ0v) is 21.4. The molecule has 0 bridgehead atoms. The Balaban J connectivity index is 6.61. The fourth-order valence-corrected chi connectivity index (χ4v) is 2.73. The summed E-state index contributed by atoms with van der Waals surface area (Å²) in [6.45, 7) is -3.00. The van der Waals surface area contributed by atoms with Gasteiger partial charge >= 0.3 is 59.6 Å². The number of rotatable bonds is 15. The lowest BCUT2D eigenvalue weighted by Crippen LogP contribution is -2.74. The fraction of sp³-hybridized carbons (Fsp3) is 0.850. The molecule has 0 aliphatic carbocycles. The molecule has 42 heavy (non-hydrogen) atoms. The lowest BCUT2D eigenvalue weighted by molar-refractivity contribution is -0.471. The molecule has 0 aromatic rings. The van der Waals surface area contributed by atoms with Crippen LogP contribution in [0.25, 0.3) is 0 Å². The molecule has 22 heteroatoms. The summed E-state index contributed by atoms with van der Waals surface area (Å²) in [4.78, 5) is 10.8. The second-order valence-electron chi connectivity index (χ2n) is 9.53. The molecule has 250 valence electrons. The first kappa shape index (κ1) is 39.9. The van der Waals surface area contributed by atoms with Crippen LogP contribution < -0.4 is 0 Å². The fourth-order valence-electron chi connectivity index (χ4n) is 2.73. The zero-order chi connectivity index (χ0) is 34.6. The van der Waals surface area contributed by atoms with Crippen LogP contribution in [0.5, 0.6) is 0 Å². The molecule has 0 atom stereocenters. The Hall–Kier alpha value is -2.13. The highest BCUT2D eigenvalue weighted by Gasteiger charge is 2.91. The van der Waals surface area contributed by atoms with Gasteiger partial charge in [0, 0.05) is 13.0 Å². The van der Waals surface area contributed by atoms with Gasteiger partial charge in [-0.3, -0.25) is 0 Å². The highest BCUT2D eigenvalue weighted by atomic mass is 19.4. The molecular formula is C20H20F18O4. The van der Waals surface area contributed by atoms with E-state index in [0.717, 1.165) is 0 Å². The Kier molecular flexibility index (Phi) is 10.2. The Morgan fingerprint density at radius 1 is 0.548 bits per heavy atom. The molecule has 0 aliphatic rings. The molecule has 0 radical (unpaired) electrons. The topological polar surface area (TPSA) is 44.8 Å². The smallest absolute Gasteiger partial charge is 0.423 e. The summed E-state index contributed by atoms with van der Waals surface area (Å²) in [5.74, 6) is -53.5. The molecule has 0 aliphatic heterocycles. The summed E-state index contributed by atoms with van der Waals surface area (Å²) >= 11 is 0. The maximum Gasteiger partial charge on any atom is 0.423 e. The third-order valence-electron chi connectivity index (χ3n) is 5.34. The van der Waals surface area contributed by atoms with Crippen LogP contribution in [-0.4, -0.2) is 77.5 Å². The number of alkyl halides is 18. The van der Waals surface area contributed by atoms with Gasteiger partial charge in [-0.2, -0.15) is 79.0 Å². The Morgan fingerprint density at radius 3 is 1.24 bits per heavy atom. The van der Waals surface area contributed by atoms with Crippen LogP contribution in [0, 0.1) is 0 Å². The monoisotopic (exact) mass is 666 g/mol.